The lowest BCUT2D eigenvalue weighted by Gasteiger charge is -2.33. The van der Waals surface area contributed by atoms with Gasteiger partial charge in [-0.05, 0) is 30.7 Å². The molecule has 32 heavy (non-hydrogen) atoms. The summed E-state index contributed by atoms with van der Waals surface area (Å²) in [5.41, 5.74) is 1.87. The number of nitrogens with zero attached hydrogens (tertiary/aromatic N) is 2. The zero-order valence-electron chi connectivity index (χ0n) is 17.2. The van der Waals surface area contributed by atoms with Gasteiger partial charge >= 0.3 is 6.18 Å². The van der Waals surface area contributed by atoms with Crippen molar-refractivity contribution in [2.24, 2.45) is 0 Å². The standard InChI is InChI=1S/C22H20ClF3N4O2/c1-12-3-5-13(6-4-12)15-10-19(22(24,25)26)30-20(27-15)11-17(29-30)21(31)28-16-9-14(23)7-8-18(16)32-2/h3-9,11,15,19,27H,10H2,1-2H3,(H,28,31)/t15-,19-/m1/s1. The second kappa shape index (κ2) is 8.38. The van der Waals surface area contributed by atoms with Crippen LogP contribution in [-0.4, -0.2) is 29.0 Å². The molecule has 0 spiro atoms. The lowest BCUT2D eigenvalue weighted by atomic mass is 9.96. The number of carbonyl (C=O) groups excluding carboxylic acids is 1. The Labute approximate surface area is 187 Å². The van der Waals surface area contributed by atoms with E-state index >= 15 is 0 Å². The van der Waals surface area contributed by atoms with Crippen molar-refractivity contribution in [3.8, 4) is 5.75 Å². The molecule has 0 saturated carbocycles. The van der Waals surface area contributed by atoms with Crippen molar-refractivity contribution in [1.29, 1.82) is 0 Å². The van der Waals surface area contributed by atoms with Gasteiger partial charge in [0.15, 0.2) is 11.7 Å². The molecule has 4 rings (SSSR count). The molecule has 6 nitrogen and oxygen atoms in total. The molecule has 2 aromatic carbocycles. The van der Waals surface area contributed by atoms with Crippen LogP contribution in [0.4, 0.5) is 24.7 Å². The normalized spacial score (nSPS) is 17.9. The first-order valence-electron chi connectivity index (χ1n) is 9.80. The number of nitrogens with one attached hydrogen (secondary N) is 2. The first-order valence-corrected chi connectivity index (χ1v) is 10.2. The van der Waals surface area contributed by atoms with Gasteiger partial charge < -0.3 is 15.4 Å². The number of carbonyl (C=O) groups is 1. The second-order valence-corrected chi connectivity index (χ2v) is 8.00. The number of aromatic nitrogens is 2. The number of benzene rings is 2. The summed E-state index contributed by atoms with van der Waals surface area (Å²) in [6.07, 6.45) is -4.78. The number of methoxy groups -OCH3 is 1. The van der Waals surface area contributed by atoms with E-state index in [-0.39, 0.29) is 23.6 Å². The number of anilines is 2. The van der Waals surface area contributed by atoms with Crippen molar-refractivity contribution < 1.29 is 22.7 Å². The van der Waals surface area contributed by atoms with Gasteiger partial charge in [-0.25, -0.2) is 4.68 Å². The van der Waals surface area contributed by atoms with Gasteiger partial charge in [-0.15, -0.1) is 0 Å². The molecule has 10 heteroatoms. The van der Waals surface area contributed by atoms with Gasteiger partial charge in [0, 0.05) is 17.5 Å². The van der Waals surface area contributed by atoms with E-state index < -0.39 is 24.2 Å². The van der Waals surface area contributed by atoms with E-state index in [2.05, 4.69) is 15.7 Å². The molecule has 1 aliphatic heterocycles. The maximum Gasteiger partial charge on any atom is 0.410 e. The summed E-state index contributed by atoms with van der Waals surface area (Å²) >= 11 is 5.98. The molecular formula is C22H20ClF3N4O2. The number of halogens is 4. The Hall–Kier alpha value is -3.20. The van der Waals surface area contributed by atoms with Crippen LogP contribution in [0.2, 0.25) is 5.02 Å². The zero-order chi connectivity index (χ0) is 23.0. The van der Waals surface area contributed by atoms with Gasteiger partial charge in [-0.3, -0.25) is 4.79 Å². The summed E-state index contributed by atoms with van der Waals surface area (Å²) in [6, 6.07) is 10.8. The predicted molar refractivity (Wildman–Crippen MR) is 115 cm³/mol. The Balaban J connectivity index is 1.65. The summed E-state index contributed by atoms with van der Waals surface area (Å²) in [5.74, 6) is -0.202. The van der Waals surface area contributed by atoms with Crippen LogP contribution in [0.5, 0.6) is 5.75 Å². The molecule has 0 bridgehead atoms. The molecule has 0 unspecified atom stereocenters. The number of aryl methyl sites for hydroxylation is 1. The van der Waals surface area contributed by atoms with Crippen molar-refractivity contribution in [3.05, 3.63) is 70.4 Å². The summed E-state index contributed by atoms with van der Waals surface area (Å²) in [6.45, 7) is 1.91. The predicted octanol–water partition coefficient (Wildman–Crippen LogP) is 5.77. The van der Waals surface area contributed by atoms with E-state index in [4.69, 9.17) is 16.3 Å². The van der Waals surface area contributed by atoms with Gasteiger partial charge in [0.05, 0.1) is 18.8 Å². The van der Waals surface area contributed by atoms with Gasteiger partial charge in [0.25, 0.3) is 5.91 Å². The monoisotopic (exact) mass is 464 g/mol. The minimum Gasteiger partial charge on any atom is -0.495 e. The van der Waals surface area contributed by atoms with Crippen LogP contribution in [0.15, 0.2) is 48.5 Å². The Morgan fingerprint density at radius 1 is 1.22 bits per heavy atom. The zero-order valence-corrected chi connectivity index (χ0v) is 18.0. The van der Waals surface area contributed by atoms with Crippen LogP contribution in [0.1, 0.15) is 40.1 Å². The molecule has 0 aliphatic carbocycles. The van der Waals surface area contributed by atoms with Crippen molar-refractivity contribution >= 4 is 29.0 Å². The molecule has 2 N–H and O–H groups in total. The Kier molecular flexibility index (Phi) is 5.77. The summed E-state index contributed by atoms with van der Waals surface area (Å²) in [7, 11) is 1.43. The molecule has 168 valence electrons. The van der Waals surface area contributed by atoms with Crippen LogP contribution < -0.4 is 15.4 Å². The number of rotatable bonds is 4. The lowest BCUT2D eigenvalue weighted by Crippen LogP contribution is -2.35. The SMILES string of the molecule is COc1ccc(Cl)cc1NC(=O)c1cc2n(n1)[C@@H](C(F)(F)F)C[C@H](c1ccc(C)cc1)N2. The van der Waals surface area contributed by atoms with Crippen molar-refractivity contribution in [2.75, 3.05) is 17.7 Å². The first-order chi connectivity index (χ1) is 15.2. The fourth-order valence-electron chi connectivity index (χ4n) is 3.67. The van der Waals surface area contributed by atoms with E-state index in [0.717, 1.165) is 15.8 Å². The van der Waals surface area contributed by atoms with Crippen LogP contribution in [-0.2, 0) is 0 Å². The third kappa shape index (κ3) is 4.38. The number of hydrogen-bond donors (Lipinski definition) is 2. The fraction of sp³-hybridized carbons (Fsp3) is 0.273. The Bertz CT molecular complexity index is 1150. The van der Waals surface area contributed by atoms with Gasteiger partial charge in [0.1, 0.15) is 11.6 Å². The highest BCUT2D eigenvalue weighted by molar-refractivity contribution is 6.31. The molecule has 1 aromatic heterocycles. The number of hydrogen-bond acceptors (Lipinski definition) is 4. The molecule has 1 amide bonds. The van der Waals surface area contributed by atoms with Crippen LogP contribution in [0.25, 0.3) is 0 Å². The minimum atomic E-state index is -4.53. The Morgan fingerprint density at radius 2 is 1.94 bits per heavy atom. The third-order valence-corrected chi connectivity index (χ3v) is 5.55. The highest BCUT2D eigenvalue weighted by atomic mass is 35.5. The van der Waals surface area contributed by atoms with E-state index in [1.807, 2.05) is 19.1 Å². The summed E-state index contributed by atoms with van der Waals surface area (Å²) in [4.78, 5) is 12.8. The molecule has 0 fully saturated rings. The quantitative estimate of drug-likeness (QED) is 0.514. The highest BCUT2D eigenvalue weighted by Crippen LogP contribution is 2.43. The molecule has 3 aromatic rings. The van der Waals surface area contributed by atoms with E-state index in [1.54, 1.807) is 24.3 Å². The van der Waals surface area contributed by atoms with Crippen LogP contribution >= 0.6 is 11.6 Å². The smallest absolute Gasteiger partial charge is 0.410 e. The van der Waals surface area contributed by atoms with E-state index in [9.17, 15) is 18.0 Å². The van der Waals surface area contributed by atoms with Gasteiger partial charge in [0.2, 0.25) is 0 Å². The molecular weight excluding hydrogens is 445 g/mol. The average Bonchev–Trinajstić information content (AvgIpc) is 3.17. The lowest BCUT2D eigenvalue weighted by molar-refractivity contribution is -0.173. The first kappa shape index (κ1) is 22.0. The van der Waals surface area contributed by atoms with Crippen molar-refractivity contribution in [2.45, 2.75) is 31.6 Å². The van der Waals surface area contributed by atoms with Crippen molar-refractivity contribution in [1.82, 2.24) is 9.78 Å². The minimum absolute atomic E-state index is 0.118. The topological polar surface area (TPSA) is 68.2 Å². The number of amides is 1. The maximum absolute atomic E-state index is 13.9. The van der Waals surface area contributed by atoms with Gasteiger partial charge in [-0.1, -0.05) is 41.4 Å². The third-order valence-electron chi connectivity index (χ3n) is 5.31. The maximum atomic E-state index is 13.9. The van der Waals surface area contributed by atoms with E-state index in [1.165, 1.54) is 19.2 Å². The van der Waals surface area contributed by atoms with Crippen molar-refractivity contribution in [3.63, 3.8) is 0 Å². The molecule has 0 saturated heterocycles. The Morgan fingerprint density at radius 3 is 2.59 bits per heavy atom. The molecule has 1 aliphatic rings. The average molecular weight is 465 g/mol. The van der Waals surface area contributed by atoms with Crippen LogP contribution in [0.3, 0.4) is 0 Å². The number of alkyl halides is 3. The fourth-order valence-corrected chi connectivity index (χ4v) is 3.84. The summed E-state index contributed by atoms with van der Waals surface area (Å²) < 4.78 is 47.6. The molecule has 2 atom stereocenters. The second-order valence-electron chi connectivity index (χ2n) is 7.56. The summed E-state index contributed by atoms with van der Waals surface area (Å²) in [5, 5.41) is 10.0. The van der Waals surface area contributed by atoms with Gasteiger partial charge in [-0.2, -0.15) is 18.3 Å². The molecule has 2 heterocycles. The highest BCUT2D eigenvalue weighted by Gasteiger charge is 2.46. The van der Waals surface area contributed by atoms with Crippen LogP contribution in [0, 0.1) is 6.92 Å². The number of ether oxygens (including phenoxy) is 1. The number of fused-ring (bicyclic) bond motifs is 1. The largest absolute Gasteiger partial charge is 0.495 e. The van der Waals surface area contributed by atoms with E-state index in [0.29, 0.717) is 10.8 Å². The molecule has 0 radical (unpaired) electrons.